The van der Waals surface area contributed by atoms with Gasteiger partial charge in [-0.3, -0.25) is 9.78 Å². The highest BCUT2D eigenvalue weighted by atomic mass is 127. The molecule has 0 aliphatic carbocycles. The smallest absolute Gasteiger partial charge is 0.254 e. The maximum absolute atomic E-state index is 12.5. The van der Waals surface area contributed by atoms with E-state index < -0.39 is 0 Å². The van der Waals surface area contributed by atoms with E-state index in [1.807, 2.05) is 24.3 Å². The van der Waals surface area contributed by atoms with E-state index in [0.29, 0.717) is 30.5 Å². The third-order valence-electron chi connectivity index (χ3n) is 3.86. The highest BCUT2D eigenvalue weighted by Crippen LogP contribution is 2.29. The fourth-order valence-electron chi connectivity index (χ4n) is 2.53. The molecule has 1 aliphatic heterocycles. The number of hydrogen-bond acceptors (Lipinski definition) is 6. The molecule has 0 N–H and O–H groups in total. The van der Waals surface area contributed by atoms with Crippen molar-refractivity contribution < 1.29 is 9.32 Å². The first kappa shape index (κ1) is 15.2. The van der Waals surface area contributed by atoms with Gasteiger partial charge in [-0.25, -0.2) is 4.98 Å². The van der Waals surface area contributed by atoms with Gasteiger partial charge in [-0.1, -0.05) is 17.3 Å². The van der Waals surface area contributed by atoms with Crippen molar-refractivity contribution in [3.05, 3.63) is 57.9 Å². The number of aromatic nitrogens is 4. The second-order valence-electron chi connectivity index (χ2n) is 5.43. The Balaban J connectivity index is 1.44. The zero-order valence-corrected chi connectivity index (χ0v) is 14.6. The molecule has 0 atom stereocenters. The molecule has 3 aromatic rings. The first-order valence-corrected chi connectivity index (χ1v) is 8.44. The van der Waals surface area contributed by atoms with Gasteiger partial charge in [0.15, 0.2) is 0 Å². The summed E-state index contributed by atoms with van der Waals surface area (Å²) in [6, 6.07) is 7.56. The molecule has 8 heteroatoms. The summed E-state index contributed by atoms with van der Waals surface area (Å²) in [6.45, 7) is 1.15. The molecule has 0 radical (unpaired) electrons. The standard InChI is InChI=1S/C16H12IN5O2/c17-12-4-2-1-3-11(12)16(23)22-8-10(9-22)15-20-14(21-24-15)13-7-18-5-6-19-13/h1-7,10H,8-9H2. The zero-order chi connectivity index (χ0) is 16.5. The lowest BCUT2D eigenvalue weighted by atomic mass is 9.99. The number of benzene rings is 1. The summed E-state index contributed by atoms with van der Waals surface area (Å²) in [7, 11) is 0. The Morgan fingerprint density at radius 2 is 2.08 bits per heavy atom. The van der Waals surface area contributed by atoms with Crippen molar-refractivity contribution >= 4 is 28.5 Å². The van der Waals surface area contributed by atoms with Gasteiger partial charge < -0.3 is 9.42 Å². The molecule has 120 valence electrons. The van der Waals surface area contributed by atoms with Crippen LogP contribution in [0.4, 0.5) is 0 Å². The fourth-order valence-corrected chi connectivity index (χ4v) is 3.14. The van der Waals surface area contributed by atoms with E-state index in [2.05, 4.69) is 42.7 Å². The molecule has 0 saturated carbocycles. The predicted octanol–water partition coefficient (Wildman–Crippen LogP) is 2.37. The molecule has 2 aromatic heterocycles. The molecule has 1 amide bonds. The maximum atomic E-state index is 12.5. The Morgan fingerprint density at radius 1 is 1.25 bits per heavy atom. The predicted molar refractivity (Wildman–Crippen MR) is 93.1 cm³/mol. The van der Waals surface area contributed by atoms with Crippen LogP contribution in [0.3, 0.4) is 0 Å². The van der Waals surface area contributed by atoms with Gasteiger partial charge in [0, 0.05) is 29.1 Å². The van der Waals surface area contributed by atoms with E-state index >= 15 is 0 Å². The Labute approximate surface area is 151 Å². The number of rotatable bonds is 3. The first-order valence-electron chi connectivity index (χ1n) is 7.36. The number of nitrogens with zero attached hydrogens (tertiary/aromatic N) is 5. The van der Waals surface area contributed by atoms with Crippen molar-refractivity contribution in [2.75, 3.05) is 13.1 Å². The molecule has 1 aromatic carbocycles. The quantitative estimate of drug-likeness (QED) is 0.590. The van der Waals surface area contributed by atoms with Gasteiger partial charge in [-0.05, 0) is 34.7 Å². The van der Waals surface area contributed by atoms with Crippen molar-refractivity contribution in [3.8, 4) is 11.5 Å². The molecule has 1 fully saturated rings. The van der Waals surface area contributed by atoms with Gasteiger partial charge in [-0.2, -0.15) is 4.98 Å². The molecule has 7 nitrogen and oxygen atoms in total. The zero-order valence-electron chi connectivity index (χ0n) is 12.5. The summed E-state index contributed by atoms with van der Waals surface area (Å²) in [5.41, 5.74) is 1.29. The lowest BCUT2D eigenvalue weighted by Crippen LogP contribution is -2.48. The minimum atomic E-state index is 0.0323. The second kappa shape index (κ2) is 6.27. The van der Waals surface area contributed by atoms with Crippen LogP contribution >= 0.6 is 22.6 Å². The summed E-state index contributed by atoms with van der Waals surface area (Å²) in [4.78, 5) is 26.8. The summed E-state index contributed by atoms with van der Waals surface area (Å²) in [5.74, 6) is 1.04. The number of carbonyl (C=O) groups is 1. The molecule has 1 saturated heterocycles. The second-order valence-corrected chi connectivity index (χ2v) is 6.60. The van der Waals surface area contributed by atoms with E-state index in [0.717, 1.165) is 9.13 Å². The van der Waals surface area contributed by atoms with Crippen molar-refractivity contribution in [1.29, 1.82) is 0 Å². The van der Waals surface area contributed by atoms with Gasteiger partial charge in [0.05, 0.1) is 17.7 Å². The molecule has 0 bridgehead atoms. The van der Waals surface area contributed by atoms with Gasteiger partial charge in [-0.15, -0.1) is 0 Å². The van der Waals surface area contributed by atoms with Gasteiger partial charge in [0.2, 0.25) is 11.7 Å². The van der Waals surface area contributed by atoms with E-state index in [9.17, 15) is 4.79 Å². The molecule has 24 heavy (non-hydrogen) atoms. The van der Waals surface area contributed by atoms with Crippen LogP contribution in [0.15, 0.2) is 47.4 Å². The topological polar surface area (TPSA) is 85.0 Å². The van der Waals surface area contributed by atoms with Crippen LogP contribution in [0.1, 0.15) is 22.2 Å². The SMILES string of the molecule is O=C(c1ccccc1I)N1CC(c2nc(-c3cnccn3)no2)C1. The van der Waals surface area contributed by atoms with Crippen LogP contribution in [0, 0.1) is 3.57 Å². The van der Waals surface area contributed by atoms with E-state index in [1.165, 1.54) is 0 Å². The number of carbonyl (C=O) groups excluding carboxylic acids is 1. The van der Waals surface area contributed by atoms with E-state index in [-0.39, 0.29) is 11.8 Å². The Bertz CT molecular complexity index is 877. The third kappa shape index (κ3) is 2.77. The lowest BCUT2D eigenvalue weighted by molar-refractivity contribution is 0.0568. The summed E-state index contributed by atoms with van der Waals surface area (Å²) >= 11 is 2.17. The number of amides is 1. The fraction of sp³-hybridized carbons (Fsp3) is 0.188. The molecule has 4 rings (SSSR count). The highest BCUT2D eigenvalue weighted by Gasteiger charge is 2.36. The van der Waals surface area contributed by atoms with Crippen molar-refractivity contribution in [2.24, 2.45) is 0 Å². The van der Waals surface area contributed by atoms with E-state index in [1.54, 1.807) is 23.5 Å². The number of hydrogen-bond donors (Lipinski definition) is 0. The van der Waals surface area contributed by atoms with Gasteiger partial charge >= 0.3 is 0 Å². The molecular formula is C16H12IN5O2. The average molecular weight is 433 g/mol. The van der Waals surface area contributed by atoms with Crippen LogP contribution < -0.4 is 0 Å². The molecule has 0 spiro atoms. The Hall–Kier alpha value is -2.36. The van der Waals surface area contributed by atoms with Crippen molar-refractivity contribution in [1.82, 2.24) is 25.0 Å². The minimum Gasteiger partial charge on any atom is -0.338 e. The molecular weight excluding hydrogens is 421 g/mol. The maximum Gasteiger partial charge on any atom is 0.254 e. The number of likely N-dealkylation sites (tertiary alicyclic amines) is 1. The molecule has 3 heterocycles. The first-order chi connectivity index (χ1) is 11.7. The highest BCUT2D eigenvalue weighted by molar-refractivity contribution is 14.1. The lowest BCUT2D eigenvalue weighted by Gasteiger charge is -2.37. The van der Waals surface area contributed by atoms with Crippen LogP contribution in [0.25, 0.3) is 11.5 Å². The minimum absolute atomic E-state index is 0.0323. The third-order valence-corrected chi connectivity index (χ3v) is 4.80. The summed E-state index contributed by atoms with van der Waals surface area (Å²) < 4.78 is 6.26. The summed E-state index contributed by atoms with van der Waals surface area (Å²) in [5, 5.41) is 3.94. The van der Waals surface area contributed by atoms with Crippen molar-refractivity contribution in [2.45, 2.75) is 5.92 Å². The molecule has 1 aliphatic rings. The average Bonchev–Trinajstić information content (AvgIpc) is 3.04. The van der Waals surface area contributed by atoms with Crippen LogP contribution in [-0.2, 0) is 0 Å². The normalized spacial score (nSPS) is 14.5. The summed E-state index contributed by atoms with van der Waals surface area (Å²) in [6.07, 6.45) is 4.75. The number of halogens is 1. The van der Waals surface area contributed by atoms with E-state index in [4.69, 9.17) is 4.52 Å². The van der Waals surface area contributed by atoms with Crippen LogP contribution in [-0.4, -0.2) is 44.0 Å². The Kier molecular flexibility index (Phi) is 3.97. The van der Waals surface area contributed by atoms with Crippen LogP contribution in [0.2, 0.25) is 0 Å². The Morgan fingerprint density at radius 3 is 2.83 bits per heavy atom. The van der Waals surface area contributed by atoms with Crippen LogP contribution in [0.5, 0.6) is 0 Å². The van der Waals surface area contributed by atoms with Gasteiger partial charge in [0.1, 0.15) is 5.69 Å². The monoisotopic (exact) mass is 433 g/mol. The van der Waals surface area contributed by atoms with Gasteiger partial charge in [0.25, 0.3) is 5.91 Å². The van der Waals surface area contributed by atoms with Crippen molar-refractivity contribution in [3.63, 3.8) is 0 Å². The molecule has 0 unspecified atom stereocenters. The largest absolute Gasteiger partial charge is 0.338 e.